The van der Waals surface area contributed by atoms with E-state index in [1.807, 2.05) is 36.2 Å². The van der Waals surface area contributed by atoms with Crippen LogP contribution in [0, 0.1) is 5.82 Å². The van der Waals surface area contributed by atoms with E-state index in [-0.39, 0.29) is 5.02 Å². The molecule has 0 aliphatic rings. The summed E-state index contributed by atoms with van der Waals surface area (Å²) in [6.45, 7) is 0.637. The average Bonchev–Trinajstić information content (AvgIpc) is 2.36. The molecule has 0 aliphatic heterocycles. The Kier molecular flexibility index (Phi) is 4.32. The van der Waals surface area contributed by atoms with E-state index in [4.69, 9.17) is 17.3 Å². The van der Waals surface area contributed by atoms with Crippen LogP contribution in [-0.4, -0.2) is 7.05 Å². The van der Waals surface area contributed by atoms with Crippen LogP contribution in [0.4, 0.5) is 15.8 Å². The normalized spacial score (nSPS) is 10.5. The maximum Gasteiger partial charge on any atom is 0.144 e. The van der Waals surface area contributed by atoms with Gasteiger partial charge in [-0.15, -0.1) is 0 Å². The first-order chi connectivity index (χ1) is 8.97. The molecule has 0 atom stereocenters. The molecule has 0 unspecified atom stereocenters. The molecule has 0 amide bonds. The van der Waals surface area contributed by atoms with Gasteiger partial charge in [-0.1, -0.05) is 39.7 Å². The quantitative estimate of drug-likeness (QED) is 0.834. The molecule has 0 spiro atoms. The van der Waals surface area contributed by atoms with Crippen LogP contribution in [0.25, 0.3) is 0 Å². The zero-order valence-electron chi connectivity index (χ0n) is 10.3. The summed E-state index contributed by atoms with van der Waals surface area (Å²) in [5.74, 6) is -0.464. The highest BCUT2D eigenvalue weighted by molar-refractivity contribution is 9.10. The monoisotopic (exact) mass is 342 g/mol. The summed E-state index contributed by atoms with van der Waals surface area (Å²) in [6.07, 6.45) is 0. The van der Waals surface area contributed by atoms with Crippen molar-refractivity contribution in [3.63, 3.8) is 0 Å². The Balaban J connectivity index is 2.22. The molecule has 2 rings (SSSR count). The van der Waals surface area contributed by atoms with Gasteiger partial charge in [0.2, 0.25) is 0 Å². The van der Waals surface area contributed by atoms with Crippen molar-refractivity contribution in [2.24, 2.45) is 0 Å². The van der Waals surface area contributed by atoms with Gasteiger partial charge < -0.3 is 10.6 Å². The van der Waals surface area contributed by atoms with Crippen molar-refractivity contribution in [3.05, 3.63) is 57.3 Å². The van der Waals surface area contributed by atoms with Gasteiger partial charge in [0.15, 0.2) is 0 Å². The van der Waals surface area contributed by atoms with Crippen molar-refractivity contribution in [2.75, 3.05) is 17.7 Å². The summed E-state index contributed by atoms with van der Waals surface area (Å²) in [6, 6.07) is 10.7. The molecule has 0 saturated carbocycles. The number of nitrogens with two attached hydrogens (primary N) is 1. The molecule has 0 bridgehead atoms. The molecule has 2 aromatic rings. The lowest BCUT2D eigenvalue weighted by molar-refractivity contribution is 0.628. The lowest BCUT2D eigenvalue weighted by Crippen LogP contribution is -2.18. The molecule has 0 saturated heterocycles. The SMILES string of the molecule is CN(Cc1ccc(Br)cc1)c1cc(F)c(Cl)cc1N. The number of nitrogen functional groups attached to an aromatic ring is 1. The van der Waals surface area contributed by atoms with E-state index < -0.39 is 5.82 Å². The third kappa shape index (κ3) is 3.39. The average molecular weight is 344 g/mol. The van der Waals surface area contributed by atoms with Crippen LogP contribution in [0.5, 0.6) is 0 Å². The molecule has 2 nitrogen and oxygen atoms in total. The zero-order valence-corrected chi connectivity index (χ0v) is 12.7. The highest BCUT2D eigenvalue weighted by Crippen LogP contribution is 2.29. The van der Waals surface area contributed by atoms with Crippen molar-refractivity contribution in [2.45, 2.75) is 6.54 Å². The van der Waals surface area contributed by atoms with Crippen LogP contribution in [-0.2, 0) is 6.54 Å². The Morgan fingerprint density at radius 3 is 2.53 bits per heavy atom. The molecule has 0 aromatic heterocycles. The lowest BCUT2D eigenvalue weighted by atomic mass is 10.2. The Morgan fingerprint density at radius 1 is 1.26 bits per heavy atom. The fourth-order valence-electron chi connectivity index (χ4n) is 1.83. The van der Waals surface area contributed by atoms with Crippen LogP contribution in [0.15, 0.2) is 40.9 Å². The number of nitrogens with zero attached hydrogens (tertiary/aromatic N) is 1. The Labute approximate surface area is 125 Å². The van der Waals surface area contributed by atoms with Gasteiger partial charge in [0, 0.05) is 24.1 Å². The smallest absolute Gasteiger partial charge is 0.144 e. The van der Waals surface area contributed by atoms with Crippen molar-refractivity contribution in [3.8, 4) is 0 Å². The van der Waals surface area contributed by atoms with E-state index in [1.54, 1.807) is 0 Å². The number of benzene rings is 2. The molecular weight excluding hydrogens is 331 g/mol. The van der Waals surface area contributed by atoms with E-state index in [2.05, 4.69) is 15.9 Å². The topological polar surface area (TPSA) is 29.3 Å². The van der Waals surface area contributed by atoms with Crippen LogP contribution >= 0.6 is 27.5 Å². The molecule has 0 radical (unpaired) electrons. The maximum atomic E-state index is 13.5. The number of hydrogen-bond acceptors (Lipinski definition) is 2. The molecular formula is C14H13BrClFN2. The van der Waals surface area contributed by atoms with Crippen molar-refractivity contribution < 1.29 is 4.39 Å². The van der Waals surface area contributed by atoms with Gasteiger partial charge in [0.1, 0.15) is 5.82 Å². The predicted molar refractivity (Wildman–Crippen MR) is 82.1 cm³/mol. The standard InChI is InChI=1S/C14H13BrClFN2/c1-19(8-9-2-4-10(15)5-3-9)14-7-12(17)11(16)6-13(14)18/h2-7H,8,18H2,1H3. The molecule has 100 valence electrons. The summed E-state index contributed by atoms with van der Waals surface area (Å²) in [5, 5.41) is 0.0401. The van der Waals surface area contributed by atoms with Gasteiger partial charge >= 0.3 is 0 Å². The minimum absolute atomic E-state index is 0.0401. The van der Waals surface area contributed by atoms with E-state index in [1.165, 1.54) is 12.1 Å². The highest BCUT2D eigenvalue weighted by atomic mass is 79.9. The minimum atomic E-state index is -0.464. The maximum absolute atomic E-state index is 13.5. The second-order valence-corrected chi connectivity index (χ2v) is 5.63. The third-order valence-electron chi connectivity index (χ3n) is 2.81. The van der Waals surface area contributed by atoms with Crippen molar-refractivity contribution in [1.29, 1.82) is 0 Å². The van der Waals surface area contributed by atoms with Crippen molar-refractivity contribution in [1.82, 2.24) is 0 Å². The second-order valence-electron chi connectivity index (χ2n) is 4.31. The Bertz CT molecular complexity index is 587. The fourth-order valence-corrected chi connectivity index (χ4v) is 2.27. The second kappa shape index (κ2) is 5.80. The van der Waals surface area contributed by atoms with Crippen molar-refractivity contribution >= 4 is 38.9 Å². The number of rotatable bonds is 3. The molecule has 2 aromatic carbocycles. The van der Waals surface area contributed by atoms with Gasteiger partial charge in [-0.2, -0.15) is 0 Å². The number of hydrogen-bond donors (Lipinski definition) is 1. The van der Waals surface area contributed by atoms with Crippen LogP contribution < -0.4 is 10.6 Å². The Morgan fingerprint density at radius 2 is 1.89 bits per heavy atom. The van der Waals surface area contributed by atoms with Crippen LogP contribution in [0.1, 0.15) is 5.56 Å². The largest absolute Gasteiger partial charge is 0.397 e. The summed E-state index contributed by atoms with van der Waals surface area (Å²) < 4.78 is 14.5. The van der Waals surface area contributed by atoms with Crippen LogP contribution in [0.2, 0.25) is 5.02 Å². The first-order valence-electron chi connectivity index (χ1n) is 5.67. The molecule has 5 heteroatoms. The molecule has 0 heterocycles. The predicted octanol–water partition coefficient (Wildman–Crippen LogP) is 4.46. The first-order valence-corrected chi connectivity index (χ1v) is 6.84. The number of anilines is 2. The molecule has 19 heavy (non-hydrogen) atoms. The van der Waals surface area contributed by atoms with Gasteiger partial charge in [-0.05, 0) is 23.8 Å². The summed E-state index contributed by atoms with van der Waals surface area (Å²) in [4.78, 5) is 1.89. The Hall–Kier alpha value is -1.26. The summed E-state index contributed by atoms with van der Waals surface area (Å²) >= 11 is 9.08. The van der Waals surface area contributed by atoms with E-state index in [0.717, 1.165) is 10.0 Å². The fraction of sp³-hybridized carbons (Fsp3) is 0.143. The molecule has 0 fully saturated rings. The summed E-state index contributed by atoms with van der Waals surface area (Å²) in [7, 11) is 1.86. The molecule has 0 aliphatic carbocycles. The van der Waals surface area contributed by atoms with E-state index in [0.29, 0.717) is 17.9 Å². The highest BCUT2D eigenvalue weighted by Gasteiger charge is 2.10. The van der Waals surface area contributed by atoms with E-state index >= 15 is 0 Å². The lowest BCUT2D eigenvalue weighted by Gasteiger charge is -2.21. The number of halogens is 3. The van der Waals surface area contributed by atoms with Gasteiger partial charge in [0.25, 0.3) is 0 Å². The zero-order chi connectivity index (χ0) is 14.0. The summed E-state index contributed by atoms with van der Waals surface area (Å²) in [5.41, 5.74) is 8.07. The van der Waals surface area contributed by atoms with Gasteiger partial charge in [-0.3, -0.25) is 0 Å². The van der Waals surface area contributed by atoms with Gasteiger partial charge in [-0.25, -0.2) is 4.39 Å². The van der Waals surface area contributed by atoms with E-state index in [9.17, 15) is 4.39 Å². The van der Waals surface area contributed by atoms with Crippen LogP contribution in [0.3, 0.4) is 0 Å². The molecule has 2 N–H and O–H groups in total. The first kappa shape index (κ1) is 14.2. The van der Waals surface area contributed by atoms with Gasteiger partial charge in [0.05, 0.1) is 16.4 Å². The third-order valence-corrected chi connectivity index (χ3v) is 3.63. The minimum Gasteiger partial charge on any atom is -0.397 e.